The van der Waals surface area contributed by atoms with Gasteiger partial charge in [0.1, 0.15) is 10.5 Å². The first kappa shape index (κ1) is 12.1. The van der Waals surface area contributed by atoms with Crippen molar-refractivity contribution < 1.29 is 0 Å². The Morgan fingerprint density at radius 2 is 2.16 bits per heavy atom. The Bertz CT molecular complexity index is 715. The van der Waals surface area contributed by atoms with Crippen molar-refractivity contribution in [1.82, 2.24) is 19.6 Å². The Kier molecular flexibility index (Phi) is 2.94. The Morgan fingerprint density at radius 3 is 2.89 bits per heavy atom. The van der Waals surface area contributed by atoms with E-state index in [9.17, 15) is 0 Å². The van der Waals surface area contributed by atoms with Crippen LogP contribution in [0.2, 0.25) is 0 Å². The van der Waals surface area contributed by atoms with Crippen LogP contribution in [0, 0.1) is 13.8 Å². The molecule has 19 heavy (non-hydrogen) atoms. The predicted molar refractivity (Wildman–Crippen MR) is 76.6 cm³/mol. The van der Waals surface area contributed by atoms with Gasteiger partial charge in [-0.2, -0.15) is 5.10 Å². The van der Waals surface area contributed by atoms with Gasteiger partial charge >= 0.3 is 0 Å². The lowest BCUT2D eigenvalue weighted by Crippen LogP contribution is -2.09. The fourth-order valence-corrected chi connectivity index (χ4v) is 2.80. The largest absolute Gasteiger partial charge is 0.359 e. The number of nitrogens with one attached hydrogen (secondary N) is 1. The number of fused-ring (bicyclic) bond motifs is 1. The first-order chi connectivity index (χ1) is 9.13. The zero-order valence-corrected chi connectivity index (χ0v) is 11.9. The highest BCUT2D eigenvalue weighted by molar-refractivity contribution is 7.09. The molecule has 0 aromatic carbocycles. The van der Waals surface area contributed by atoms with Gasteiger partial charge in [-0.3, -0.25) is 0 Å². The molecule has 3 heterocycles. The molecule has 6 heteroatoms. The normalized spacial score (nSPS) is 12.8. The minimum atomic E-state index is 0.132. The van der Waals surface area contributed by atoms with Crippen LogP contribution in [0.4, 0.5) is 5.82 Å². The second-order valence-electron chi connectivity index (χ2n) is 4.58. The van der Waals surface area contributed by atoms with Crippen molar-refractivity contribution in [2.75, 3.05) is 5.32 Å². The van der Waals surface area contributed by atoms with Crippen molar-refractivity contribution in [3.8, 4) is 0 Å². The average molecular weight is 273 g/mol. The number of nitrogens with zero attached hydrogens (tertiary/aromatic N) is 4. The molecule has 1 N–H and O–H groups in total. The van der Waals surface area contributed by atoms with Crippen LogP contribution in [0.5, 0.6) is 0 Å². The van der Waals surface area contributed by atoms with E-state index in [1.165, 1.54) is 0 Å². The zero-order valence-electron chi connectivity index (χ0n) is 11.1. The molecule has 0 aliphatic heterocycles. The first-order valence-electron chi connectivity index (χ1n) is 6.13. The highest BCUT2D eigenvalue weighted by Gasteiger charge is 2.12. The minimum Gasteiger partial charge on any atom is -0.359 e. The van der Waals surface area contributed by atoms with Crippen molar-refractivity contribution in [3.05, 3.63) is 40.2 Å². The van der Waals surface area contributed by atoms with Crippen LogP contribution in [0.25, 0.3) is 5.52 Å². The summed E-state index contributed by atoms with van der Waals surface area (Å²) in [4.78, 5) is 8.90. The maximum absolute atomic E-state index is 4.50. The number of hydrogen-bond donors (Lipinski definition) is 1. The third kappa shape index (κ3) is 2.31. The van der Waals surface area contributed by atoms with Crippen LogP contribution in [0.15, 0.2) is 23.8 Å². The van der Waals surface area contributed by atoms with Gasteiger partial charge in [0.25, 0.3) is 0 Å². The van der Waals surface area contributed by atoms with Crippen LogP contribution in [0.3, 0.4) is 0 Å². The van der Waals surface area contributed by atoms with E-state index in [1.807, 2.05) is 30.6 Å². The molecule has 0 aliphatic carbocycles. The lowest BCUT2D eigenvalue weighted by Gasteiger charge is -2.12. The van der Waals surface area contributed by atoms with Crippen LogP contribution in [-0.4, -0.2) is 19.6 Å². The maximum Gasteiger partial charge on any atom is 0.152 e. The smallest absolute Gasteiger partial charge is 0.152 e. The van der Waals surface area contributed by atoms with Crippen molar-refractivity contribution in [2.24, 2.45) is 0 Å². The summed E-state index contributed by atoms with van der Waals surface area (Å²) in [5, 5.41) is 10.9. The molecule has 98 valence electrons. The molecule has 3 rings (SSSR count). The molecule has 0 amide bonds. The maximum atomic E-state index is 4.50. The number of rotatable bonds is 3. The lowest BCUT2D eigenvalue weighted by molar-refractivity contribution is 0.849. The van der Waals surface area contributed by atoms with Gasteiger partial charge < -0.3 is 5.32 Å². The standard InChI is InChI=1S/C13H15N5S/c1-8-6-11-12(14-4-5-18(11)17-8)16-10(3)13-15-9(2)7-19-13/h4-7,10H,1-3H3,(H,14,16). The van der Waals surface area contributed by atoms with E-state index in [2.05, 4.69) is 32.7 Å². The summed E-state index contributed by atoms with van der Waals surface area (Å²) in [6.07, 6.45) is 3.60. The van der Waals surface area contributed by atoms with Gasteiger partial charge in [0.2, 0.25) is 0 Å². The summed E-state index contributed by atoms with van der Waals surface area (Å²) in [7, 11) is 0. The van der Waals surface area contributed by atoms with Gasteiger partial charge in [-0.15, -0.1) is 11.3 Å². The lowest BCUT2D eigenvalue weighted by atomic mass is 10.3. The Morgan fingerprint density at radius 1 is 1.32 bits per heavy atom. The second-order valence-corrected chi connectivity index (χ2v) is 5.47. The summed E-state index contributed by atoms with van der Waals surface area (Å²) in [5.41, 5.74) is 3.02. The number of aromatic nitrogens is 4. The molecular weight excluding hydrogens is 258 g/mol. The molecule has 1 unspecified atom stereocenters. The molecule has 3 aromatic heterocycles. The first-order valence-corrected chi connectivity index (χ1v) is 7.01. The fraction of sp³-hybridized carbons (Fsp3) is 0.308. The third-order valence-electron chi connectivity index (χ3n) is 2.87. The van der Waals surface area contributed by atoms with Crippen molar-refractivity contribution in [2.45, 2.75) is 26.8 Å². The number of aryl methyl sites for hydroxylation is 2. The molecule has 0 spiro atoms. The quantitative estimate of drug-likeness (QED) is 0.797. The molecule has 0 radical (unpaired) electrons. The zero-order chi connectivity index (χ0) is 13.4. The molecule has 0 saturated heterocycles. The van der Waals surface area contributed by atoms with Crippen molar-refractivity contribution in [1.29, 1.82) is 0 Å². The van der Waals surface area contributed by atoms with Gasteiger partial charge in [0.05, 0.1) is 11.7 Å². The summed E-state index contributed by atoms with van der Waals surface area (Å²) in [6.45, 7) is 6.07. The van der Waals surface area contributed by atoms with Crippen molar-refractivity contribution in [3.63, 3.8) is 0 Å². The van der Waals surface area contributed by atoms with Crippen molar-refractivity contribution >= 4 is 22.7 Å². The Balaban J connectivity index is 1.92. The van der Waals surface area contributed by atoms with E-state index < -0.39 is 0 Å². The van der Waals surface area contributed by atoms with E-state index in [-0.39, 0.29) is 6.04 Å². The van der Waals surface area contributed by atoms with Gasteiger partial charge in [-0.25, -0.2) is 14.5 Å². The van der Waals surface area contributed by atoms with Crippen LogP contribution < -0.4 is 5.32 Å². The summed E-state index contributed by atoms with van der Waals surface area (Å²) < 4.78 is 1.84. The van der Waals surface area contributed by atoms with E-state index >= 15 is 0 Å². The highest BCUT2D eigenvalue weighted by atomic mass is 32.1. The van der Waals surface area contributed by atoms with Crippen LogP contribution >= 0.6 is 11.3 Å². The van der Waals surface area contributed by atoms with E-state index in [4.69, 9.17) is 0 Å². The summed E-state index contributed by atoms with van der Waals surface area (Å²) in [5.74, 6) is 0.837. The molecule has 0 bridgehead atoms. The van der Waals surface area contributed by atoms with E-state index in [0.717, 1.165) is 27.7 Å². The second kappa shape index (κ2) is 4.62. The average Bonchev–Trinajstić information content (AvgIpc) is 2.95. The predicted octanol–water partition coefficient (Wildman–Crippen LogP) is 2.98. The molecule has 0 aliphatic rings. The molecule has 0 fully saturated rings. The van der Waals surface area contributed by atoms with Gasteiger partial charge in [0.15, 0.2) is 5.82 Å². The molecular formula is C13H15N5S. The molecule has 3 aromatic rings. The topological polar surface area (TPSA) is 55.1 Å². The highest BCUT2D eigenvalue weighted by Crippen LogP contribution is 2.23. The third-order valence-corrected chi connectivity index (χ3v) is 4.02. The minimum absolute atomic E-state index is 0.132. The molecule has 1 atom stereocenters. The van der Waals surface area contributed by atoms with E-state index in [1.54, 1.807) is 17.5 Å². The molecule has 5 nitrogen and oxygen atoms in total. The van der Waals surface area contributed by atoms with Gasteiger partial charge in [0, 0.05) is 23.5 Å². The van der Waals surface area contributed by atoms with Gasteiger partial charge in [-0.05, 0) is 26.8 Å². The Labute approximate surface area is 115 Å². The van der Waals surface area contributed by atoms with Gasteiger partial charge in [-0.1, -0.05) is 0 Å². The SMILES string of the molecule is Cc1csc(C(C)Nc2nccn3nc(C)cc23)n1. The van der Waals surface area contributed by atoms with Crippen LogP contribution in [-0.2, 0) is 0 Å². The number of hydrogen-bond acceptors (Lipinski definition) is 5. The van der Waals surface area contributed by atoms with E-state index in [0.29, 0.717) is 0 Å². The number of thiazole rings is 1. The molecule has 0 saturated carbocycles. The number of anilines is 1. The van der Waals surface area contributed by atoms with Crippen LogP contribution in [0.1, 0.15) is 29.4 Å². The fourth-order valence-electron chi connectivity index (χ4n) is 1.99. The summed E-state index contributed by atoms with van der Waals surface area (Å²) >= 11 is 1.66. The summed E-state index contributed by atoms with van der Waals surface area (Å²) in [6, 6.07) is 2.16. The Hall–Kier alpha value is -1.95. The monoisotopic (exact) mass is 273 g/mol.